The number of aliphatic hydroxyl groups is 1. The zero-order valence-electron chi connectivity index (χ0n) is 19.5. The van der Waals surface area contributed by atoms with Gasteiger partial charge in [0, 0.05) is 12.3 Å². The van der Waals surface area contributed by atoms with E-state index in [9.17, 15) is 5.11 Å². The van der Waals surface area contributed by atoms with E-state index in [2.05, 4.69) is 27.7 Å². The van der Waals surface area contributed by atoms with Crippen molar-refractivity contribution >= 4 is 5.71 Å². The first kappa shape index (κ1) is 20.5. The van der Waals surface area contributed by atoms with E-state index in [0.29, 0.717) is 16.7 Å². The molecule has 1 N–H and O–H groups in total. The van der Waals surface area contributed by atoms with Crippen LogP contribution < -0.4 is 0 Å². The molecule has 1 heterocycles. The molecular weight excluding hydrogens is 354 g/mol. The van der Waals surface area contributed by atoms with E-state index < -0.39 is 0 Å². The summed E-state index contributed by atoms with van der Waals surface area (Å²) in [5.41, 5.74) is 2.62. The topological polar surface area (TPSA) is 32.6 Å². The van der Waals surface area contributed by atoms with Crippen LogP contribution in [0.2, 0.25) is 0 Å². The SMILES string of the molecule is C[C@@H]1CCC([C@@H](C)[C@H]2CC[C@H]3[C@@H]4CC[C@H]5CC(O)CC[C@]5(C)[C@H]4CC[C@]23C)=NC1. The lowest BCUT2D eigenvalue weighted by atomic mass is 9.44. The molecule has 0 radical (unpaired) electrons. The van der Waals surface area contributed by atoms with Gasteiger partial charge in [-0.15, -0.1) is 0 Å². The van der Waals surface area contributed by atoms with Gasteiger partial charge in [-0.25, -0.2) is 0 Å². The molecule has 0 aromatic heterocycles. The first-order chi connectivity index (χ1) is 13.8. The van der Waals surface area contributed by atoms with Crippen LogP contribution in [0.5, 0.6) is 0 Å². The summed E-state index contributed by atoms with van der Waals surface area (Å²) in [7, 11) is 0. The van der Waals surface area contributed by atoms with Crippen molar-refractivity contribution < 1.29 is 5.11 Å². The molecule has 2 nitrogen and oxygen atoms in total. The monoisotopic (exact) mass is 399 g/mol. The van der Waals surface area contributed by atoms with E-state index >= 15 is 0 Å². The van der Waals surface area contributed by atoms with E-state index in [4.69, 9.17) is 4.99 Å². The molecular formula is C27H45NO. The van der Waals surface area contributed by atoms with E-state index in [0.717, 1.165) is 54.9 Å². The highest BCUT2D eigenvalue weighted by Crippen LogP contribution is 2.68. The molecule has 10 atom stereocenters. The van der Waals surface area contributed by atoms with Gasteiger partial charge in [0.15, 0.2) is 0 Å². The van der Waals surface area contributed by atoms with Crippen LogP contribution in [0, 0.1) is 52.3 Å². The van der Waals surface area contributed by atoms with Gasteiger partial charge in [0.25, 0.3) is 0 Å². The summed E-state index contributed by atoms with van der Waals surface area (Å²) in [5, 5.41) is 10.3. The molecule has 1 aliphatic heterocycles. The maximum Gasteiger partial charge on any atom is 0.0543 e. The van der Waals surface area contributed by atoms with Crippen molar-refractivity contribution in [3.05, 3.63) is 0 Å². The minimum Gasteiger partial charge on any atom is -0.393 e. The molecule has 4 fully saturated rings. The maximum atomic E-state index is 10.3. The molecule has 0 aromatic rings. The van der Waals surface area contributed by atoms with Crippen molar-refractivity contribution in [1.82, 2.24) is 0 Å². The zero-order chi connectivity index (χ0) is 20.4. The van der Waals surface area contributed by atoms with Crippen LogP contribution in [0.25, 0.3) is 0 Å². The van der Waals surface area contributed by atoms with Crippen LogP contribution in [0.15, 0.2) is 4.99 Å². The highest BCUT2D eigenvalue weighted by atomic mass is 16.3. The van der Waals surface area contributed by atoms with Crippen LogP contribution in [-0.2, 0) is 0 Å². The van der Waals surface area contributed by atoms with E-state index in [1.807, 2.05) is 0 Å². The Bertz CT molecular complexity index is 657. The molecule has 2 heteroatoms. The van der Waals surface area contributed by atoms with Crippen LogP contribution >= 0.6 is 0 Å². The second-order valence-corrected chi connectivity index (χ2v) is 12.6. The molecule has 1 unspecified atom stereocenters. The van der Waals surface area contributed by atoms with Crippen molar-refractivity contribution in [2.75, 3.05) is 6.54 Å². The molecule has 0 spiro atoms. The third-order valence-electron chi connectivity index (χ3n) is 11.3. The minimum atomic E-state index is -0.0193. The molecule has 164 valence electrons. The van der Waals surface area contributed by atoms with Gasteiger partial charge < -0.3 is 5.11 Å². The lowest BCUT2D eigenvalue weighted by molar-refractivity contribution is -0.127. The number of nitrogens with zero attached hydrogens (tertiary/aromatic N) is 1. The summed E-state index contributed by atoms with van der Waals surface area (Å²) in [6, 6.07) is 0. The third-order valence-corrected chi connectivity index (χ3v) is 11.3. The van der Waals surface area contributed by atoms with Gasteiger partial charge in [-0.1, -0.05) is 27.7 Å². The van der Waals surface area contributed by atoms with E-state index in [1.54, 1.807) is 5.71 Å². The van der Waals surface area contributed by atoms with Crippen LogP contribution in [0.4, 0.5) is 0 Å². The van der Waals surface area contributed by atoms with Crippen molar-refractivity contribution in [3.8, 4) is 0 Å². The lowest BCUT2D eigenvalue weighted by Gasteiger charge is -2.61. The molecule has 5 aliphatic rings. The smallest absolute Gasteiger partial charge is 0.0543 e. The quantitative estimate of drug-likeness (QED) is 0.564. The standard InChI is InChI=1S/C27H45NO/c1-17-5-10-25(28-16-17)18(2)22-8-9-23-21-7-6-19-15-20(29)11-13-26(19,3)24(21)12-14-27(22,23)4/h17-24,29H,5-16H2,1-4H3/t17-,18+,19+,20?,21+,22-,23+,24+,26+,27-/m1/s1. The molecule has 4 aliphatic carbocycles. The Morgan fingerprint density at radius 3 is 2.45 bits per heavy atom. The molecule has 0 aromatic carbocycles. The normalized spacial score (nSPS) is 53.4. The fourth-order valence-corrected chi connectivity index (χ4v) is 9.54. The Morgan fingerprint density at radius 1 is 0.931 bits per heavy atom. The Kier molecular flexibility index (Phi) is 5.20. The van der Waals surface area contributed by atoms with Crippen molar-refractivity contribution in [2.45, 2.75) is 104 Å². The van der Waals surface area contributed by atoms with Gasteiger partial charge in [-0.3, -0.25) is 4.99 Å². The highest BCUT2D eigenvalue weighted by molar-refractivity contribution is 5.87. The Labute approximate surface area is 179 Å². The third kappa shape index (κ3) is 3.17. The molecule has 5 rings (SSSR count). The van der Waals surface area contributed by atoms with Gasteiger partial charge in [-0.2, -0.15) is 0 Å². The van der Waals surface area contributed by atoms with Gasteiger partial charge in [0.2, 0.25) is 0 Å². The second kappa shape index (κ2) is 7.35. The largest absolute Gasteiger partial charge is 0.393 e. The Balaban J connectivity index is 1.36. The van der Waals surface area contributed by atoms with Crippen LogP contribution in [0.1, 0.15) is 98.3 Å². The number of fused-ring (bicyclic) bond motifs is 5. The van der Waals surface area contributed by atoms with Gasteiger partial charge >= 0.3 is 0 Å². The fraction of sp³-hybridized carbons (Fsp3) is 0.963. The first-order valence-corrected chi connectivity index (χ1v) is 13.0. The lowest BCUT2D eigenvalue weighted by Crippen LogP contribution is -2.54. The van der Waals surface area contributed by atoms with Crippen molar-refractivity contribution in [1.29, 1.82) is 0 Å². The number of hydrogen-bond acceptors (Lipinski definition) is 2. The molecule has 0 bridgehead atoms. The predicted octanol–water partition coefficient (Wildman–Crippen LogP) is 6.51. The number of rotatable bonds is 2. The van der Waals surface area contributed by atoms with Crippen LogP contribution in [0.3, 0.4) is 0 Å². The van der Waals surface area contributed by atoms with Crippen molar-refractivity contribution in [2.24, 2.45) is 57.2 Å². The minimum absolute atomic E-state index is 0.0193. The molecule has 29 heavy (non-hydrogen) atoms. The Morgan fingerprint density at radius 2 is 1.69 bits per heavy atom. The maximum absolute atomic E-state index is 10.3. The Hall–Kier alpha value is -0.370. The average molecular weight is 400 g/mol. The van der Waals surface area contributed by atoms with Gasteiger partial charge in [0.05, 0.1) is 6.10 Å². The number of hydrogen-bond donors (Lipinski definition) is 1. The summed E-state index contributed by atoms with van der Waals surface area (Å²) in [6.07, 6.45) is 14.6. The average Bonchev–Trinajstić information content (AvgIpc) is 3.06. The van der Waals surface area contributed by atoms with Gasteiger partial charge in [0.1, 0.15) is 0 Å². The summed E-state index contributed by atoms with van der Waals surface area (Å²) in [5.74, 6) is 5.96. The van der Waals surface area contributed by atoms with E-state index in [-0.39, 0.29) is 6.10 Å². The molecule has 0 saturated heterocycles. The first-order valence-electron chi connectivity index (χ1n) is 13.0. The van der Waals surface area contributed by atoms with E-state index in [1.165, 1.54) is 57.8 Å². The summed E-state index contributed by atoms with van der Waals surface area (Å²) < 4.78 is 0. The van der Waals surface area contributed by atoms with Crippen LogP contribution in [-0.4, -0.2) is 23.5 Å². The van der Waals surface area contributed by atoms with Gasteiger partial charge in [-0.05, 0) is 123 Å². The van der Waals surface area contributed by atoms with Crippen molar-refractivity contribution in [3.63, 3.8) is 0 Å². The molecule has 4 saturated carbocycles. The summed E-state index contributed by atoms with van der Waals surface area (Å²) >= 11 is 0. The highest BCUT2D eigenvalue weighted by Gasteiger charge is 2.60. The molecule has 0 amide bonds. The predicted molar refractivity (Wildman–Crippen MR) is 121 cm³/mol. The summed E-state index contributed by atoms with van der Waals surface area (Å²) in [4.78, 5) is 5.07. The second-order valence-electron chi connectivity index (χ2n) is 12.6. The summed E-state index contributed by atoms with van der Waals surface area (Å²) in [6.45, 7) is 11.3. The number of aliphatic imine (C=N–C) groups is 1. The zero-order valence-corrected chi connectivity index (χ0v) is 19.5. The fourth-order valence-electron chi connectivity index (χ4n) is 9.54. The number of aliphatic hydroxyl groups excluding tert-OH is 1.